The fourth-order valence-electron chi connectivity index (χ4n) is 1.60. The molecule has 0 spiro atoms. The Kier molecular flexibility index (Phi) is 4.53. The van der Waals surface area contributed by atoms with Gasteiger partial charge in [0, 0.05) is 17.0 Å². The topological polar surface area (TPSA) is 49.6 Å². The van der Waals surface area contributed by atoms with Crippen LogP contribution in [0, 0.1) is 24.2 Å². The predicted molar refractivity (Wildman–Crippen MR) is 77.7 cm³/mol. The molecule has 0 saturated heterocycles. The van der Waals surface area contributed by atoms with E-state index in [0.717, 1.165) is 22.1 Å². The molecule has 0 unspecified atom stereocenters. The second-order valence-electron chi connectivity index (χ2n) is 4.38. The molecule has 96 valence electrons. The van der Waals surface area contributed by atoms with Crippen molar-refractivity contribution in [2.45, 2.75) is 19.0 Å². The molecule has 2 aromatic rings. The summed E-state index contributed by atoms with van der Waals surface area (Å²) < 4.78 is 0. The van der Waals surface area contributed by atoms with E-state index in [1.54, 1.807) is 0 Å². The highest BCUT2D eigenvalue weighted by molar-refractivity contribution is 7.99. The highest BCUT2D eigenvalue weighted by Gasteiger charge is 2.07. The van der Waals surface area contributed by atoms with Crippen molar-refractivity contribution in [3.05, 3.63) is 42.1 Å². The number of nitrogens with zero attached hydrogens (tertiary/aromatic N) is 3. The first-order valence-electron chi connectivity index (χ1n) is 6.12. The van der Waals surface area contributed by atoms with Crippen molar-refractivity contribution in [2.75, 3.05) is 5.75 Å². The molecule has 1 aromatic carbocycles. The lowest BCUT2D eigenvalue weighted by molar-refractivity contribution is 0.854. The Morgan fingerprint density at radius 1 is 1.26 bits per heavy atom. The number of aryl methyl sites for hydroxylation is 1. The Bertz CT molecular complexity index is 590. The minimum absolute atomic E-state index is 0.00860. The van der Waals surface area contributed by atoms with Gasteiger partial charge in [0.05, 0.1) is 17.7 Å². The van der Waals surface area contributed by atoms with Gasteiger partial charge < -0.3 is 0 Å². The summed E-state index contributed by atoms with van der Waals surface area (Å²) in [5.74, 6) is 0.725. The van der Waals surface area contributed by atoms with Crippen LogP contribution in [-0.4, -0.2) is 15.7 Å². The first-order chi connectivity index (χ1) is 9.19. The molecule has 0 aliphatic carbocycles. The van der Waals surface area contributed by atoms with Crippen molar-refractivity contribution in [3.63, 3.8) is 0 Å². The number of rotatable bonds is 4. The molecule has 4 heteroatoms. The fourth-order valence-corrected chi connectivity index (χ4v) is 2.44. The first-order valence-corrected chi connectivity index (χ1v) is 7.11. The minimum Gasteiger partial charge on any atom is -0.228 e. The lowest BCUT2D eigenvalue weighted by Crippen LogP contribution is -1.98. The van der Waals surface area contributed by atoms with E-state index in [-0.39, 0.29) is 5.92 Å². The van der Waals surface area contributed by atoms with Crippen LogP contribution >= 0.6 is 11.8 Å². The highest BCUT2D eigenvalue weighted by Crippen LogP contribution is 2.22. The number of benzene rings is 1. The maximum atomic E-state index is 8.80. The van der Waals surface area contributed by atoms with Gasteiger partial charge in [0.25, 0.3) is 0 Å². The van der Waals surface area contributed by atoms with Crippen LogP contribution in [0.25, 0.3) is 11.3 Å². The third kappa shape index (κ3) is 3.80. The summed E-state index contributed by atoms with van der Waals surface area (Å²) in [6.45, 7) is 3.87. The molecule has 0 bridgehead atoms. The van der Waals surface area contributed by atoms with Gasteiger partial charge in [0.15, 0.2) is 5.16 Å². The Morgan fingerprint density at radius 3 is 2.68 bits per heavy atom. The van der Waals surface area contributed by atoms with Crippen LogP contribution in [-0.2, 0) is 0 Å². The highest BCUT2D eigenvalue weighted by atomic mass is 32.2. The molecular formula is C15H15N3S. The zero-order valence-corrected chi connectivity index (χ0v) is 11.8. The lowest BCUT2D eigenvalue weighted by atomic mass is 10.1. The molecule has 0 saturated carbocycles. The van der Waals surface area contributed by atoms with E-state index in [2.05, 4.69) is 16.0 Å². The van der Waals surface area contributed by atoms with Gasteiger partial charge in [-0.15, -0.1) is 0 Å². The molecule has 19 heavy (non-hydrogen) atoms. The lowest BCUT2D eigenvalue weighted by Gasteiger charge is -2.06. The molecular weight excluding hydrogens is 254 g/mol. The Labute approximate surface area is 117 Å². The standard InChI is InChI=1S/C15H15N3S/c1-11(9-16)10-19-15-17-12(2)8-14(18-15)13-6-4-3-5-7-13/h3-8,11H,10H2,1-2H3/t11-/m0/s1. The molecule has 1 heterocycles. The van der Waals surface area contributed by atoms with Gasteiger partial charge >= 0.3 is 0 Å². The van der Waals surface area contributed by atoms with E-state index < -0.39 is 0 Å². The van der Waals surface area contributed by atoms with Crippen molar-refractivity contribution < 1.29 is 0 Å². The smallest absolute Gasteiger partial charge is 0.188 e. The summed E-state index contributed by atoms with van der Waals surface area (Å²) in [5, 5.41) is 9.53. The molecule has 0 amide bonds. The second kappa shape index (κ2) is 6.35. The number of thioether (sulfide) groups is 1. The largest absolute Gasteiger partial charge is 0.228 e. The normalized spacial score (nSPS) is 11.8. The summed E-state index contributed by atoms with van der Waals surface area (Å²) in [7, 11) is 0. The van der Waals surface area contributed by atoms with Crippen LogP contribution in [0.15, 0.2) is 41.6 Å². The van der Waals surface area contributed by atoms with Crippen LogP contribution in [0.4, 0.5) is 0 Å². The summed E-state index contributed by atoms with van der Waals surface area (Å²) >= 11 is 1.53. The van der Waals surface area contributed by atoms with E-state index in [1.807, 2.05) is 50.2 Å². The maximum absolute atomic E-state index is 8.80. The van der Waals surface area contributed by atoms with Gasteiger partial charge in [-0.05, 0) is 19.9 Å². The molecule has 1 aromatic heterocycles. The van der Waals surface area contributed by atoms with Crippen molar-refractivity contribution in [1.82, 2.24) is 9.97 Å². The molecule has 0 aliphatic rings. The van der Waals surface area contributed by atoms with Gasteiger partial charge in [0.1, 0.15) is 0 Å². The zero-order chi connectivity index (χ0) is 13.7. The van der Waals surface area contributed by atoms with Crippen molar-refractivity contribution >= 4 is 11.8 Å². The third-order valence-corrected chi connectivity index (χ3v) is 3.69. The van der Waals surface area contributed by atoms with Crippen LogP contribution in [0.2, 0.25) is 0 Å². The van der Waals surface area contributed by atoms with Gasteiger partial charge in [-0.2, -0.15) is 5.26 Å². The fraction of sp³-hybridized carbons (Fsp3) is 0.267. The molecule has 2 rings (SSSR count). The second-order valence-corrected chi connectivity index (χ2v) is 5.37. The summed E-state index contributed by atoms with van der Waals surface area (Å²) in [6.07, 6.45) is 0. The van der Waals surface area contributed by atoms with Crippen molar-refractivity contribution in [2.24, 2.45) is 5.92 Å². The van der Waals surface area contributed by atoms with E-state index in [1.165, 1.54) is 11.8 Å². The Morgan fingerprint density at radius 2 is 2.00 bits per heavy atom. The van der Waals surface area contributed by atoms with Gasteiger partial charge in [-0.3, -0.25) is 0 Å². The van der Waals surface area contributed by atoms with Gasteiger partial charge in [-0.25, -0.2) is 9.97 Å². The van der Waals surface area contributed by atoms with E-state index in [4.69, 9.17) is 5.26 Å². The quantitative estimate of drug-likeness (QED) is 0.627. The van der Waals surface area contributed by atoms with Crippen molar-refractivity contribution in [3.8, 4) is 17.3 Å². The molecule has 0 N–H and O–H groups in total. The average molecular weight is 269 g/mol. The minimum atomic E-state index is 0.00860. The van der Waals surface area contributed by atoms with Crippen LogP contribution < -0.4 is 0 Å². The van der Waals surface area contributed by atoms with Crippen LogP contribution in [0.3, 0.4) is 0 Å². The molecule has 1 atom stereocenters. The molecule has 0 radical (unpaired) electrons. The SMILES string of the molecule is Cc1cc(-c2ccccc2)nc(SC[C@@H](C)C#N)n1. The van der Waals surface area contributed by atoms with Gasteiger partial charge in [-0.1, -0.05) is 42.1 Å². The maximum Gasteiger partial charge on any atom is 0.188 e. The van der Waals surface area contributed by atoms with E-state index in [9.17, 15) is 0 Å². The Balaban J connectivity index is 2.23. The van der Waals surface area contributed by atoms with E-state index >= 15 is 0 Å². The monoisotopic (exact) mass is 269 g/mol. The summed E-state index contributed by atoms with van der Waals surface area (Å²) in [6, 6.07) is 14.3. The van der Waals surface area contributed by atoms with Crippen molar-refractivity contribution in [1.29, 1.82) is 5.26 Å². The zero-order valence-electron chi connectivity index (χ0n) is 11.0. The number of hydrogen-bond donors (Lipinski definition) is 0. The molecule has 3 nitrogen and oxygen atoms in total. The third-order valence-electron chi connectivity index (χ3n) is 2.59. The van der Waals surface area contributed by atoms with Gasteiger partial charge in [0.2, 0.25) is 0 Å². The molecule has 0 fully saturated rings. The van der Waals surface area contributed by atoms with E-state index in [0.29, 0.717) is 5.75 Å². The predicted octanol–water partition coefficient (Wildman–Crippen LogP) is 3.70. The first kappa shape index (κ1) is 13.6. The van der Waals surface area contributed by atoms with Crippen LogP contribution in [0.1, 0.15) is 12.6 Å². The molecule has 0 aliphatic heterocycles. The number of aromatic nitrogens is 2. The summed E-state index contributed by atoms with van der Waals surface area (Å²) in [4.78, 5) is 8.96. The summed E-state index contributed by atoms with van der Waals surface area (Å²) in [5.41, 5.74) is 2.96. The van der Waals surface area contributed by atoms with Crippen LogP contribution in [0.5, 0.6) is 0 Å². The number of nitriles is 1. The average Bonchev–Trinajstić information content (AvgIpc) is 2.45. The number of hydrogen-bond acceptors (Lipinski definition) is 4. The Hall–Kier alpha value is -1.86.